The summed E-state index contributed by atoms with van der Waals surface area (Å²) in [5, 5.41) is 0.469. The number of benzene rings is 2. The number of nitrogens with zero attached hydrogens (tertiary/aromatic N) is 1. The van der Waals surface area contributed by atoms with Crippen molar-refractivity contribution in [2.24, 2.45) is 11.7 Å². The van der Waals surface area contributed by atoms with Crippen LogP contribution in [0.3, 0.4) is 0 Å². The molecule has 2 aromatic rings. The van der Waals surface area contributed by atoms with Gasteiger partial charge in [0.2, 0.25) is 0 Å². The third-order valence-corrected chi connectivity index (χ3v) is 5.23. The van der Waals surface area contributed by atoms with E-state index in [9.17, 15) is 4.79 Å². The van der Waals surface area contributed by atoms with Gasteiger partial charge in [-0.3, -0.25) is 4.79 Å². The minimum atomic E-state index is -0.0284. The molecule has 0 aromatic heterocycles. The summed E-state index contributed by atoms with van der Waals surface area (Å²) in [4.78, 5) is 14.7. The predicted octanol–water partition coefficient (Wildman–Crippen LogP) is 4.34. The molecule has 1 heterocycles. The number of halogens is 3. The van der Waals surface area contributed by atoms with Gasteiger partial charge in [-0.05, 0) is 36.2 Å². The van der Waals surface area contributed by atoms with Gasteiger partial charge in [0.15, 0.2) is 0 Å². The topological polar surface area (TPSA) is 46.3 Å². The molecule has 24 heavy (non-hydrogen) atoms. The van der Waals surface area contributed by atoms with Gasteiger partial charge < -0.3 is 10.6 Å². The number of hydrogen-bond donors (Lipinski definition) is 1. The van der Waals surface area contributed by atoms with E-state index in [1.165, 1.54) is 5.56 Å². The fraction of sp³-hybridized carbons (Fsp3) is 0.278. The second-order valence-corrected chi connectivity index (χ2v) is 7.17. The van der Waals surface area contributed by atoms with Crippen LogP contribution in [-0.4, -0.2) is 30.4 Å². The molecule has 1 aliphatic heterocycles. The molecule has 2 atom stereocenters. The van der Waals surface area contributed by atoms with Crippen LogP contribution in [0.4, 0.5) is 0 Å². The number of rotatable bonds is 3. The van der Waals surface area contributed by atoms with Gasteiger partial charge in [-0.2, -0.15) is 0 Å². The van der Waals surface area contributed by atoms with E-state index in [-0.39, 0.29) is 30.2 Å². The Morgan fingerprint density at radius 1 is 1.21 bits per heavy atom. The fourth-order valence-electron chi connectivity index (χ4n) is 3.19. The highest BCUT2D eigenvalue weighted by Gasteiger charge is 2.35. The standard InChI is InChI=1S/C18H18BrClN2O.ClH/c19-14-6-7-15(17(20)8-14)18(23)22-10-13(9-21)16(11-22)12-4-2-1-3-5-12;/h1-8,13,16H,9-11,21H2;1H/t13-,16+;/m1./s1. The maximum Gasteiger partial charge on any atom is 0.255 e. The smallest absolute Gasteiger partial charge is 0.255 e. The van der Waals surface area contributed by atoms with Crippen LogP contribution < -0.4 is 5.73 Å². The van der Waals surface area contributed by atoms with E-state index in [4.69, 9.17) is 17.3 Å². The van der Waals surface area contributed by atoms with E-state index >= 15 is 0 Å². The average molecular weight is 430 g/mol. The van der Waals surface area contributed by atoms with Crippen LogP contribution in [0, 0.1) is 5.92 Å². The maximum absolute atomic E-state index is 12.8. The first-order valence-electron chi connectivity index (χ1n) is 7.59. The summed E-state index contributed by atoms with van der Waals surface area (Å²) in [6, 6.07) is 15.6. The fourth-order valence-corrected chi connectivity index (χ4v) is 3.94. The molecule has 0 unspecified atom stereocenters. The Bertz CT molecular complexity index is 711. The first-order chi connectivity index (χ1) is 11.1. The van der Waals surface area contributed by atoms with Crippen molar-refractivity contribution >= 4 is 45.8 Å². The Labute approximate surface area is 161 Å². The molecule has 0 radical (unpaired) electrons. The molecule has 0 spiro atoms. The van der Waals surface area contributed by atoms with Crippen molar-refractivity contribution in [3.8, 4) is 0 Å². The Balaban J connectivity index is 0.00000208. The van der Waals surface area contributed by atoms with Crippen molar-refractivity contribution in [1.29, 1.82) is 0 Å². The van der Waals surface area contributed by atoms with Crippen molar-refractivity contribution in [3.05, 3.63) is 69.2 Å². The summed E-state index contributed by atoms with van der Waals surface area (Å²) in [6.45, 7) is 1.91. The molecule has 1 fully saturated rings. The highest BCUT2D eigenvalue weighted by atomic mass is 79.9. The lowest BCUT2D eigenvalue weighted by atomic mass is 9.89. The first kappa shape index (κ1) is 19.3. The number of nitrogens with two attached hydrogens (primary N) is 1. The van der Waals surface area contributed by atoms with E-state index in [0.717, 1.165) is 4.47 Å². The molecule has 1 saturated heterocycles. The Kier molecular flexibility index (Phi) is 6.70. The molecule has 2 N–H and O–H groups in total. The van der Waals surface area contributed by atoms with E-state index in [1.807, 2.05) is 29.2 Å². The van der Waals surface area contributed by atoms with Gasteiger partial charge in [0, 0.05) is 23.5 Å². The van der Waals surface area contributed by atoms with Crippen molar-refractivity contribution in [3.63, 3.8) is 0 Å². The van der Waals surface area contributed by atoms with Crippen molar-refractivity contribution in [2.75, 3.05) is 19.6 Å². The zero-order valence-electron chi connectivity index (χ0n) is 13.0. The summed E-state index contributed by atoms with van der Waals surface area (Å²) in [5.74, 6) is 0.523. The summed E-state index contributed by atoms with van der Waals surface area (Å²) in [6.07, 6.45) is 0. The molecule has 3 rings (SSSR count). The van der Waals surface area contributed by atoms with Crippen molar-refractivity contribution < 1.29 is 4.79 Å². The van der Waals surface area contributed by atoms with E-state index < -0.39 is 0 Å². The second kappa shape index (κ2) is 8.34. The quantitative estimate of drug-likeness (QED) is 0.788. The van der Waals surface area contributed by atoms with Crippen LogP contribution in [0.5, 0.6) is 0 Å². The zero-order chi connectivity index (χ0) is 16.4. The molecule has 6 heteroatoms. The van der Waals surface area contributed by atoms with Gasteiger partial charge in [0.05, 0.1) is 10.6 Å². The summed E-state index contributed by atoms with van der Waals surface area (Å²) < 4.78 is 0.863. The lowest BCUT2D eigenvalue weighted by Crippen LogP contribution is -2.30. The molecule has 1 aliphatic rings. The Morgan fingerprint density at radius 2 is 1.92 bits per heavy atom. The molecule has 128 valence electrons. The van der Waals surface area contributed by atoms with Crippen LogP contribution in [0.25, 0.3) is 0 Å². The van der Waals surface area contributed by atoms with E-state index in [2.05, 4.69) is 28.1 Å². The normalized spacial score (nSPS) is 19.9. The largest absolute Gasteiger partial charge is 0.338 e. The molecule has 0 bridgehead atoms. The SMILES string of the molecule is Cl.NC[C@@H]1CN(C(=O)c2ccc(Br)cc2Cl)C[C@H]1c1ccccc1. The molecule has 3 nitrogen and oxygen atoms in total. The van der Waals surface area contributed by atoms with Crippen LogP contribution >= 0.6 is 39.9 Å². The van der Waals surface area contributed by atoms with Gasteiger partial charge in [-0.15, -0.1) is 12.4 Å². The Morgan fingerprint density at radius 3 is 2.54 bits per heavy atom. The third kappa shape index (κ3) is 3.94. The second-order valence-electron chi connectivity index (χ2n) is 5.85. The molecule has 0 saturated carbocycles. The van der Waals surface area contributed by atoms with Crippen LogP contribution in [0.1, 0.15) is 21.8 Å². The number of amides is 1. The van der Waals surface area contributed by atoms with Crippen molar-refractivity contribution in [1.82, 2.24) is 4.90 Å². The van der Waals surface area contributed by atoms with Gasteiger partial charge in [0.25, 0.3) is 5.91 Å². The number of carbonyl (C=O) groups is 1. The lowest BCUT2D eigenvalue weighted by molar-refractivity contribution is 0.0786. The molecule has 0 aliphatic carbocycles. The van der Waals surface area contributed by atoms with E-state index in [0.29, 0.717) is 30.2 Å². The first-order valence-corrected chi connectivity index (χ1v) is 8.76. The Hall–Kier alpha value is -1.07. The predicted molar refractivity (Wildman–Crippen MR) is 104 cm³/mol. The highest BCUT2D eigenvalue weighted by Crippen LogP contribution is 2.33. The van der Waals surface area contributed by atoms with Gasteiger partial charge in [-0.1, -0.05) is 57.9 Å². The molecular weight excluding hydrogens is 411 g/mol. The average Bonchev–Trinajstić information content (AvgIpc) is 2.99. The molecular formula is C18H19BrCl2N2O. The van der Waals surface area contributed by atoms with Crippen LogP contribution in [0.15, 0.2) is 53.0 Å². The van der Waals surface area contributed by atoms with Crippen molar-refractivity contribution in [2.45, 2.75) is 5.92 Å². The summed E-state index contributed by atoms with van der Waals surface area (Å²) >= 11 is 9.59. The van der Waals surface area contributed by atoms with E-state index in [1.54, 1.807) is 12.1 Å². The minimum Gasteiger partial charge on any atom is -0.338 e. The minimum absolute atomic E-state index is 0. The molecule has 2 aromatic carbocycles. The van der Waals surface area contributed by atoms with Gasteiger partial charge in [0.1, 0.15) is 0 Å². The number of likely N-dealkylation sites (tertiary alicyclic amines) is 1. The number of carbonyl (C=O) groups excluding carboxylic acids is 1. The van der Waals surface area contributed by atoms with Crippen LogP contribution in [-0.2, 0) is 0 Å². The molecule has 1 amide bonds. The third-order valence-electron chi connectivity index (χ3n) is 4.42. The lowest BCUT2D eigenvalue weighted by Gasteiger charge is -2.17. The zero-order valence-corrected chi connectivity index (χ0v) is 16.2. The monoisotopic (exact) mass is 428 g/mol. The summed E-state index contributed by atoms with van der Waals surface area (Å²) in [7, 11) is 0. The maximum atomic E-state index is 12.8. The van der Waals surface area contributed by atoms with Gasteiger partial charge in [-0.25, -0.2) is 0 Å². The van der Waals surface area contributed by atoms with Crippen LogP contribution in [0.2, 0.25) is 5.02 Å². The van der Waals surface area contributed by atoms with Gasteiger partial charge >= 0.3 is 0 Å². The number of hydrogen-bond acceptors (Lipinski definition) is 2. The summed E-state index contributed by atoms with van der Waals surface area (Å²) in [5.41, 5.74) is 7.72. The highest BCUT2D eigenvalue weighted by molar-refractivity contribution is 9.10.